The van der Waals surface area contributed by atoms with Gasteiger partial charge in [-0.3, -0.25) is 13.9 Å². The van der Waals surface area contributed by atoms with E-state index in [1.165, 1.54) is 54.6 Å². The average molecular weight is 629 g/mol. The Kier molecular flexibility index (Phi) is 8.77. The lowest BCUT2D eigenvalue weighted by Gasteiger charge is -2.11. The molecule has 0 spiro atoms. The van der Waals surface area contributed by atoms with Gasteiger partial charge in [-0.15, -0.1) is 0 Å². The van der Waals surface area contributed by atoms with Gasteiger partial charge in [-0.25, -0.2) is 4.79 Å². The van der Waals surface area contributed by atoms with Gasteiger partial charge in [0.15, 0.2) is 5.69 Å². The van der Waals surface area contributed by atoms with Gasteiger partial charge in [0.25, 0.3) is 26.1 Å². The second-order valence-electron chi connectivity index (χ2n) is 8.78. The third-order valence-corrected chi connectivity index (χ3v) is 7.67. The zero-order valence-electron chi connectivity index (χ0n) is 22.5. The predicted octanol–water partition coefficient (Wildman–Crippen LogP) is 3.17. The van der Waals surface area contributed by atoms with E-state index in [9.17, 15) is 36.1 Å². The largest absolute Gasteiger partial charge is 0.493 e. The van der Waals surface area contributed by atoms with Crippen LogP contribution in [0.5, 0.6) is 5.88 Å². The van der Waals surface area contributed by atoms with E-state index in [0.717, 1.165) is 34.0 Å². The van der Waals surface area contributed by atoms with E-state index in [4.69, 9.17) is 9.29 Å². The number of allylic oxidation sites excluding steroid dienone is 4. The van der Waals surface area contributed by atoms with Gasteiger partial charge in [-0.05, 0) is 74.5 Å². The molecule has 224 valence electrons. The number of aromatic nitrogens is 2. The van der Waals surface area contributed by atoms with E-state index in [0.29, 0.717) is 5.71 Å². The van der Waals surface area contributed by atoms with Crippen molar-refractivity contribution in [2.75, 3.05) is 11.6 Å². The van der Waals surface area contributed by atoms with Crippen LogP contribution in [0.25, 0.3) is 11.8 Å². The minimum absolute atomic E-state index is 0.00353. The first kappa shape index (κ1) is 31.0. The van der Waals surface area contributed by atoms with Gasteiger partial charge < -0.3 is 9.84 Å². The number of nitrogens with zero attached hydrogens (tertiary/aromatic N) is 4. The first-order chi connectivity index (χ1) is 20.2. The number of hydrogen-bond donors (Lipinski definition) is 3. The van der Waals surface area contributed by atoms with Crippen LogP contribution >= 0.6 is 0 Å². The van der Waals surface area contributed by atoms with Gasteiger partial charge in [0.1, 0.15) is 0 Å². The summed E-state index contributed by atoms with van der Waals surface area (Å²) in [6.07, 6.45) is 7.38. The number of ether oxygens (including phenoxy) is 1. The molecule has 0 unspecified atom stereocenters. The van der Waals surface area contributed by atoms with Crippen LogP contribution in [0.2, 0.25) is 0 Å². The van der Waals surface area contributed by atoms with Crippen LogP contribution in [0.15, 0.2) is 93.3 Å². The number of carbonyl (C=O) groups is 2. The van der Waals surface area contributed by atoms with Crippen LogP contribution in [0.1, 0.15) is 29.9 Å². The molecule has 3 aromatic rings. The number of aromatic hydroxyl groups is 1. The van der Waals surface area contributed by atoms with Crippen molar-refractivity contribution in [3.05, 3.63) is 89.7 Å². The highest BCUT2D eigenvalue weighted by molar-refractivity contribution is 7.86. The van der Waals surface area contributed by atoms with Crippen molar-refractivity contribution in [3.63, 3.8) is 0 Å². The van der Waals surface area contributed by atoms with Gasteiger partial charge in [0.05, 0.1) is 44.6 Å². The number of carbonyl (C=O) groups excluding carboxylic acids is 2. The summed E-state index contributed by atoms with van der Waals surface area (Å²) in [5.41, 5.74) is 0.910. The number of benzene rings is 2. The molecule has 0 aliphatic carbocycles. The zero-order chi connectivity index (χ0) is 31.5. The van der Waals surface area contributed by atoms with Crippen molar-refractivity contribution in [3.8, 4) is 11.6 Å². The molecule has 16 heteroatoms. The monoisotopic (exact) mass is 628 g/mol. The summed E-state index contributed by atoms with van der Waals surface area (Å²) in [5, 5.41) is 20.2. The highest BCUT2D eigenvalue weighted by Crippen LogP contribution is 2.28. The summed E-state index contributed by atoms with van der Waals surface area (Å²) in [7, 11) is -8.83. The molecule has 3 N–H and O–H groups in total. The fourth-order valence-corrected chi connectivity index (χ4v) is 4.84. The molecule has 0 fully saturated rings. The SMILES string of the molecule is CCOC(=O)c1nn(-c2ccc(S(=O)(=O)O)cc2)c(O)c1C=CC=CC=C1C(=O)N(c2ccc(S(=O)(=O)O)cc2)N=C1C. The molecular weight excluding hydrogens is 604 g/mol. The van der Waals surface area contributed by atoms with E-state index >= 15 is 0 Å². The molecule has 0 saturated carbocycles. The fourth-order valence-electron chi connectivity index (χ4n) is 3.88. The van der Waals surface area contributed by atoms with E-state index in [-0.39, 0.29) is 44.6 Å². The van der Waals surface area contributed by atoms with Gasteiger partial charge in [0.2, 0.25) is 5.88 Å². The van der Waals surface area contributed by atoms with Crippen LogP contribution < -0.4 is 5.01 Å². The van der Waals surface area contributed by atoms with Crippen molar-refractivity contribution in [2.24, 2.45) is 5.10 Å². The molecule has 43 heavy (non-hydrogen) atoms. The minimum Gasteiger partial charge on any atom is -0.493 e. The maximum atomic E-state index is 12.9. The Hall–Kier alpha value is -4.90. The Labute approximate surface area is 246 Å². The van der Waals surface area contributed by atoms with Crippen molar-refractivity contribution in [2.45, 2.75) is 23.6 Å². The van der Waals surface area contributed by atoms with Gasteiger partial charge in [-0.1, -0.05) is 18.2 Å². The molecular formula is C27H24N4O10S2. The van der Waals surface area contributed by atoms with Gasteiger partial charge in [-0.2, -0.15) is 36.7 Å². The van der Waals surface area contributed by atoms with E-state index in [1.54, 1.807) is 13.8 Å². The highest BCUT2D eigenvalue weighted by Gasteiger charge is 2.28. The number of rotatable bonds is 9. The Morgan fingerprint density at radius 2 is 1.47 bits per heavy atom. The molecule has 14 nitrogen and oxygen atoms in total. The summed E-state index contributed by atoms with van der Waals surface area (Å²) in [6, 6.07) is 9.71. The number of amides is 1. The molecule has 0 saturated heterocycles. The van der Waals surface area contributed by atoms with E-state index in [2.05, 4.69) is 10.2 Å². The lowest BCUT2D eigenvalue weighted by atomic mass is 10.1. The number of hydrazone groups is 1. The van der Waals surface area contributed by atoms with Crippen LogP contribution in [0, 0.1) is 0 Å². The van der Waals surface area contributed by atoms with Crippen molar-refractivity contribution in [1.82, 2.24) is 9.78 Å². The Morgan fingerprint density at radius 1 is 0.907 bits per heavy atom. The standard InChI is InChI=1S/C27H24N4O10S2/c1-3-41-27(34)24-23(26(33)31(29-24)19-11-15-21(16-12-19)43(38,39)40)8-6-4-5-7-22-17(2)28-30(25(22)32)18-9-13-20(14-10-18)42(35,36)37/h4-16,33H,3H2,1-2H3,(H,35,36,37)(H,38,39,40). The minimum atomic E-state index is -4.44. The maximum absolute atomic E-state index is 12.9. The molecule has 2 aromatic carbocycles. The third-order valence-electron chi connectivity index (χ3n) is 5.93. The number of anilines is 1. The Bertz CT molecular complexity index is 1920. The summed E-state index contributed by atoms with van der Waals surface area (Å²) < 4.78 is 69.5. The molecule has 2 heterocycles. The molecule has 1 aromatic heterocycles. The van der Waals surface area contributed by atoms with E-state index < -0.39 is 38.0 Å². The number of esters is 1. The molecule has 1 amide bonds. The molecule has 0 radical (unpaired) electrons. The predicted molar refractivity (Wildman–Crippen MR) is 154 cm³/mol. The lowest BCUT2D eigenvalue weighted by Crippen LogP contribution is -2.21. The maximum Gasteiger partial charge on any atom is 0.359 e. The van der Waals surface area contributed by atoms with Gasteiger partial charge in [0, 0.05) is 0 Å². The van der Waals surface area contributed by atoms with Crippen LogP contribution in [-0.2, 0) is 29.8 Å². The molecule has 1 aliphatic heterocycles. The second-order valence-corrected chi connectivity index (χ2v) is 11.6. The highest BCUT2D eigenvalue weighted by atomic mass is 32.2. The average Bonchev–Trinajstić information content (AvgIpc) is 3.43. The van der Waals surface area contributed by atoms with Crippen molar-refractivity contribution >= 4 is 49.6 Å². The molecule has 0 atom stereocenters. The Morgan fingerprint density at radius 3 is 2.00 bits per heavy atom. The zero-order valence-corrected chi connectivity index (χ0v) is 24.2. The lowest BCUT2D eigenvalue weighted by molar-refractivity contribution is -0.114. The van der Waals surface area contributed by atoms with Crippen molar-refractivity contribution < 1.29 is 45.4 Å². The summed E-state index contributed by atoms with van der Waals surface area (Å²) in [5.74, 6) is -1.74. The number of hydrogen-bond acceptors (Lipinski definition) is 10. The molecule has 1 aliphatic rings. The topological polar surface area (TPSA) is 206 Å². The summed E-state index contributed by atoms with van der Waals surface area (Å²) >= 11 is 0. The van der Waals surface area contributed by atoms with Gasteiger partial charge >= 0.3 is 5.97 Å². The fraction of sp³-hybridized carbons (Fsp3) is 0.111. The third kappa shape index (κ3) is 6.78. The Balaban J connectivity index is 1.56. The van der Waals surface area contributed by atoms with Crippen LogP contribution in [0.4, 0.5) is 5.69 Å². The summed E-state index contributed by atoms with van der Waals surface area (Å²) in [4.78, 5) is 24.7. The summed E-state index contributed by atoms with van der Waals surface area (Å²) in [6.45, 7) is 3.25. The normalized spacial score (nSPS) is 15.2. The first-order valence-electron chi connectivity index (χ1n) is 12.3. The first-order valence-corrected chi connectivity index (χ1v) is 15.2. The molecule has 0 bridgehead atoms. The van der Waals surface area contributed by atoms with Crippen LogP contribution in [0.3, 0.4) is 0 Å². The van der Waals surface area contributed by atoms with Crippen molar-refractivity contribution in [1.29, 1.82) is 0 Å². The second kappa shape index (κ2) is 12.1. The smallest absolute Gasteiger partial charge is 0.359 e. The van der Waals surface area contributed by atoms with Crippen LogP contribution in [-0.4, -0.2) is 65.0 Å². The molecule has 4 rings (SSSR count). The van der Waals surface area contributed by atoms with E-state index in [1.807, 2.05) is 0 Å². The quantitative estimate of drug-likeness (QED) is 0.136.